The van der Waals surface area contributed by atoms with Crippen molar-refractivity contribution in [1.29, 1.82) is 0 Å². The van der Waals surface area contributed by atoms with Gasteiger partial charge in [-0.2, -0.15) is 0 Å². The number of rotatable bonds is 2. The molecule has 1 N–H and O–H groups in total. The zero-order valence-corrected chi connectivity index (χ0v) is 12.1. The van der Waals surface area contributed by atoms with Gasteiger partial charge in [0, 0.05) is 13.1 Å². The number of nitrogens with zero attached hydrogens (tertiary/aromatic N) is 1. The molecule has 1 amide bonds. The molecular formula is C16H25NO3. The summed E-state index contributed by atoms with van der Waals surface area (Å²) >= 11 is 0. The van der Waals surface area contributed by atoms with Crippen LogP contribution in [0.25, 0.3) is 0 Å². The van der Waals surface area contributed by atoms with Crippen molar-refractivity contribution in [2.24, 2.45) is 17.3 Å². The fourth-order valence-corrected chi connectivity index (χ4v) is 4.43. The van der Waals surface area contributed by atoms with E-state index in [0.29, 0.717) is 11.8 Å². The van der Waals surface area contributed by atoms with Crippen LogP contribution in [0.4, 0.5) is 0 Å². The molecule has 1 saturated heterocycles. The highest BCUT2D eigenvalue weighted by Crippen LogP contribution is 2.44. The molecule has 0 bridgehead atoms. The van der Waals surface area contributed by atoms with E-state index < -0.39 is 11.9 Å². The van der Waals surface area contributed by atoms with Crippen molar-refractivity contribution >= 4 is 11.9 Å². The molecule has 1 heterocycles. The molecule has 1 aliphatic heterocycles. The van der Waals surface area contributed by atoms with Crippen molar-refractivity contribution in [3.63, 3.8) is 0 Å². The molecule has 0 radical (unpaired) electrons. The topological polar surface area (TPSA) is 57.6 Å². The lowest BCUT2D eigenvalue weighted by Crippen LogP contribution is -2.52. The molecule has 0 aromatic rings. The Bertz CT molecular complexity index is 395. The number of amides is 1. The molecule has 0 aromatic carbocycles. The number of carbonyl (C=O) groups excluding carboxylic acids is 1. The normalized spacial score (nSPS) is 32.7. The molecule has 112 valence electrons. The third-order valence-electron chi connectivity index (χ3n) is 5.80. The SMILES string of the molecule is O=C(O)C1CCC1C(=O)N1CCCC2(CCCCC2)C1. The smallest absolute Gasteiger partial charge is 0.307 e. The second-order valence-electron chi connectivity index (χ2n) is 7.05. The number of likely N-dealkylation sites (tertiary alicyclic amines) is 1. The van der Waals surface area contributed by atoms with Crippen molar-refractivity contribution in [3.05, 3.63) is 0 Å². The summed E-state index contributed by atoms with van der Waals surface area (Å²) in [7, 11) is 0. The first-order valence-corrected chi connectivity index (χ1v) is 8.13. The Kier molecular flexibility index (Phi) is 3.74. The number of piperidine rings is 1. The largest absolute Gasteiger partial charge is 0.481 e. The Morgan fingerprint density at radius 2 is 1.60 bits per heavy atom. The van der Waals surface area contributed by atoms with E-state index in [1.54, 1.807) is 0 Å². The fourth-order valence-electron chi connectivity index (χ4n) is 4.43. The molecule has 0 aromatic heterocycles. The van der Waals surface area contributed by atoms with Crippen molar-refractivity contribution in [3.8, 4) is 0 Å². The van der Waals surface area contributed by atoms with E-state index in [0.717, 1.165) is 25.9 Å². The van der Waals surface area contributed by atoms with Gasteiger partial charge in [-0.1, -0.05) is 19.3 Å². The molecule has 2 atom stereocenters. The number of hydrogen-bond donors (Lipinski definition) is 1. The Labute approximate surface area is 120 Å². The van der Waals surface area contributed by atoms with Gasteiger partial charge in [0.05, 0.1) is 11.8 Å². The quantitative estimate of drug-likeness (QED) is 0.845. The molecule has 4 nitrogen and oxygen atoms in total. The van der Waals surface area contributed by atoms with E-state index in [1.165, 1.54) is 38.5 Å². The summed E-state index contributed by atoms with van der Waals surface area (Å²) in [6.07, 6.45) is 10.2. The highest BCUT2D eigenvalue weighted by Gasteiger charge is 2.45. The zero-order chi connectivity index (χ0) is 14.2. The highest BCUT2D eigenvalue weighted by molar-refractivity contribution is 5.86. The maximum absolute atomic E-state index is 12.6. The van der Waals surface area contributed by atoms with Gasteiger partial charge in [-0.15, -0.1) is 0 Å². The Morgan fingerprint density at radius 1 is 0.950 bits per heavy atom. The summed E-state index contributed by atoms with van der Waals surface area (Å²) in [4.78, 5) is 25.7. The van der Waals surface area contributed by atoms with Crippen LogP contribution in [0.1, 0.15) is 57.8 Å². The van der Waals surface area contributed by atoms with E-state index in [9.17, 15) is 9.59 Å². The van der Waals surface area contributed by atoms with Gasteiger partial charge in [-0.3, -0.25) is 9.59 Å². The standard InChI is InChI=1S/C16H25NO3/c18-14(12-5-6-13(12)15(19)20)17-10-4-9-16(11-17)7-2-1-3-8-16/h12-13H,1-11H2,(H,19,20). The molecule has 3 aliphatic rings. The molecule has 20 heavy (non-hydrogen) atoms. The number of carbonyl (C=O) groups is 2. The van der Waals surface area contributed by atoms with Crippen LogP contribution in [-0.2, 0) is 9.59 Å². The van der Waals surface area contributed by atoms with Crippen LogP contribution in [0.3, 0.4) is 0 Å². The Balaban J connectivity index is 1.64. The fraction of sp³-hybridized carbons (Fsp3) is 0.875. The predicted molar refractivity (Wildman–Crippen MR) is 75.2 cm³/mol. The van der Waals surface area contributed by atoms with Crippen molar-refractivity contribution < 1.29 is 14.7 Å². The average Bonchev–Trinajstić information content (AvgIpc) is 2.37. The number of carboxylic acids is 1. The monoisotopic (exact) mass is 279 g/mol. The van der Waals surface area contributed by atoms with Gasteiger partial charge in [0.2, 0.25) is 5.91 Å². The van der Waals surface area contributed by atoms with E-state index in [1.807, 2.05) is 4.90 Å². The first kappa shape index (κ1) is 13.9. The Morgan fingerprint density at radius 3 is 2.20 bits per heavy atom. The first-order valence-electron chi connectivity index (χ1n) is 8.13. The van der Waals surface area contributed by atoms with Crippen molar-refractivity contribution in [2.75, 3.05) is 13.1 Å². The van der Waals surface area contributed by atoms with Crippen molar-refractivity contribution in [1.82, 2.24) is 4.90 Å². The minimum Gasteiger partial charge on any atom is -0.481 e. The van der Waals surface area contributed by atoms with Gasteiger partial charge in [0.1, 0.15) is 0 Å². The summed E-state index contributed by atoms with van der Waals surface area (Å²) < 4.78 is 0. The summed E-state index contributed by atoms with van der Waals surface area (Å²) in [6, 6.07) is 0. The molecule has 3 rings (SSSR count). The number of aliphatic carboxylic acids is 1. The van der Waals surface area contributed by atoms with Crippen LogP contribution in [0.5, 0.6) is 0 Å². The predicted octanol–water partition coefficient (Wildman–Crippen LogP) is 2.67. The molecule has 2 unspecified atom stereocenters. The van der Waals surface area contributed by atoms with Gasteiger partial charge in [-0.25, -0.2) is 0 Å². The maximum atomic E-state index is 12.6. The van der Waals surface area contributed by atoms with Crippen LogP contribution in [0, 0.1) is 17.3 Å². The minimum absolute atomic E-state index is 0.119. The molecule has 1 spiro atoms. The average molecular weight is 279 g/mol. The van der Waals surface area contributed by atoms with Gasteiger partial charge in [0.25, 0.3) is 0 Å². The van der Waals surface area contributed by atoms with Gasteiger partial charge in [0.15, 0.2) is 0 Å². The van der Waals surface area contributed by atoms with Crippen LogP contribution < -0.4 is 0 Å². The van der Waals surface area contributed by atoms with Gasteiger partial charge < -0.3 is 10.0 Å². The lowest BCUT2D eigenvalue weighted by atomic mass is 9.68. The molecule has 2 saturated carbocycles. The number of hydrogen-bond acceptors (Lipinski definition) is 2. The Hall–Kier alpha value is -1.06. The maximum Gasteiger partial charge on any atom is 0.307 e. The van der Waals surface area contributed by atoms with E-state index in [-0.39, 0.29) is 11.8 Å². The molecule has 3 fully saturated rings. The molecular weight excluding hydrogens is 254 g/mol. The third kappa shape index (κ3) is 2.45. The third-order valence-corrected chi connectivity index (χ3v) is 5.80. The summed E-state index contributed by atoms with van der Waals surface area (Å²) in [6.45, 7) is 1.72. The number of carboxylic acid groups (broad SMARTS) is 1. The van der Waals surface area contributed by atoms with Crippen LogP contribution in [0.2, 0.25) is 0 Å². The minimum atomic E-state index is -0.793. The second kappa shape index (κ2) is 5.38. The summed E-state index contributed by atoms with van der Waals surface area (Å²) in [5.41, 5.74) is 0.356. The highest BCUT2D eigenvalue weighted by atomic mass is 16.4. The molecule has 4 heteroatoms. The van der Waals surface area contributed by atoms with Crippen LogP contribution in [0.15, 0.2) is 0 Å². The molecule has 2 aliphatic carbocycles. The summed E-state index contributed by atoms with van der Waals surface area (Å²) in [5.74, 6) is -1.34. The van der Waals surface area contributed by atoms with Gasteiger partial charge in [-0.05, 0) is 43.9 Å². The van der Waals surface area contributed by atoms with E-state index >= 15 is 0 Å². The zero-order valence-electron chi connectivity index (χ0n) is 12.1. The van der Waals surface area contributed by atoms with E-state index in [2.05, 4.69) is 0 Å². The van der Waals surface area contributed by atoms with Crippen LogP contribution >= 0.6 is 0 Å². The lowest BCUT2D eigenvalue weighted by Gasteiger charge is -2.47. The van der Waals surface area contributed by atoms with Crippen molar-refractivity contribution in [2.45, 2.75) is 57.8 Å². The van der Waals surface area contributed by atoms with E-state index in [4.69, 9.17) is 5.11 Å². The van der Waals surface area contributed by atoms with Crippen LogP contribution in [-0.4, -0.2) is 35.0 Å². The summed E-state index contributed by atoms with van der Waals surface area (Å²) in [5, 5.41) is 9.12. The van der Waals surface area contributed by atoms with Gasteiger partial charge >= 0.3 is 5.97 Å². The first-order chi connectivity index (χ1) is 9.61. The lowest BCUT2D eigenvalue weighted by molar-refractivity contribution is -0.158. The second-order valence-corrected chi connectivity index (χ2v) is 7.05.